The number of benzene rings is 1. The lowest BCUT2D eigenvalue weighted by atomic mass is 10.2. The quantitative estimate of drug-likeness (QED) is 0.787. The van der Waals surface area contributed by atoms with Gasteiger partial charge in [0.15, 0.2) is 0 Å². The molecule has 0 fully saturated rings. The maximum Gasteiger partial charge on any atom is 0.410 e. The zero-order valence-corrected chi connectivity index (χ0v) is 13.8. The van der Waals surface area contributed by atoms with Gasteiger partial charge in [0.25, 0.3) is 0 Å². The van der Waals surface area contributed by atoms with Crippen LogP contribution in [0.3, 0.4) is 0 Å². The molecule has 0 atom stereocenters. The van der Waals surface area contributed by atoms with Gasteiger partial charge in [0.05, 0.1) is 7.11 Å². The number of carbonyl (C=O) groups is 1. The fourth-order valence-electron chi connectivity index (χ4n) is 1.90. The van der Waals surface area contributed by atoms with Crippen LogP contribution in [0.5, 0.6) is 5.75 Å². The van der Waals surface area contributed by atoms with Crippen molar-refractivity contribution < 1.29 is 14.3 Å². The van der Waals surface area contributed by atoms with Crippen molar-refractivity contribution in [2.75, 3.05) is 13.7 Å². The van der Waals surface area contributed by atoms with Crippen molar-refractivity contribution in [3.05, 3.63) is 29.8 Å². The number of nitrogens with zero attached hydrogens (tertiary/aromatic N) is 1. The minimum atomic E-state index is -0.476. The third-order valence-electron chi connectivity index (χ3n) is 2.94. The van der Waals surface area contributed by atoms with Gasteiger partial charge in [-0.05, 0) is 44.9 Å². The third kappa shape index (κ3) is 6.52. The lowest BCUT2D eigenvalue weighted by molar-refractivity contribution is 0.0231. The molecule has 0 aliphatic heterocycles. The molecule has 1 amide bonds. The van der Waals surface area contributed by atoms with Gasteiger partial charge in [0, 0.05) is 13.1 Å². The van der Waals surface area contributed by atoms with Crippen molar-refractivity contribution in [2.45, 2.75) is 52.7 Å². The van der Waals surface area contributed by atoms with E-state index in [0.717, 1.165) is 24.2 Å². The predicted octanol–water partition coefficient (Wildman–Crippen LogP) is 4.23. The number of rotatable bonds is 6. The van der Waals surface area contributed by atoms with Gasteiger partial charge in [0.1, 0.15) is 11.4 Å². The van der Waals surface area contributed by atoms with E-state index in [1.165, 1.54) is 0 Å². The monoisotopic (exact) mass is 293 g/mol. The summed E-state index contributed by atoms with van der Waals surface area (Å²) in [5, 5.41) is 0. The molecule has 1 aromatic carbocycles. The lowest BCUT2D eigenvalue weighted by Gasteiger charge is -2.27. The Balaban J connectivity index is 2.79. The van der Waals surface area contributed by atoms with Crippen LogP contribution in [0.4, 0.5) is 4.79 Å². The normalized spacial score (nSPS) is 11.1. The Hall–Kier alpha value is -1.71. The third-order valence-corrected chi connectivity index (χ3v) is 2.94. The van der Waals surface area contributed by atoms with Gasteiger partial charge >= 0.3 is 6.09 Å². The van der Waals surface area contributed by atoms with Crippen molar-refractivity contribution in [3.8, 4) is 5.75 Å². The molecule has 0 unspecified atom stereocenters. The van der Waals surface area contributed by atoms with E-state index in [4.69, 9.17) is 9.47 Å². The van der Waals surface area contributed by atoms with Crippen molar-refractivity contribution >= 4 is 6.09 Å². The first-order chi connectivity index (χ1) is 9.85. The predicted molar refractivity (Wildman–Crippen MR) is 84.5 cm³/mol. The van der Waals surface area contributed by atoms with E-state index >= 15 is 0 Å². The van der Waals surface area contributed by atoms with Crippen LogP contribution in [-0.2, 0) is 11.3 Å². The molecule has 0 heterocycles. The Bertz CT molecular complexity index is 452. The van der Waals surface area contributed by atoms with Gasteiger partial charge in [-0.25, -0.2) is 4.79 Å². The molecule has 0 N–H and O–H groups in total. The number of hydrogen-bond acceptors (Lipinski definition) is 3. The first-order valence-corrected chi connectivity index (χ1v) is 7.46. The minimum absolute atomic E-state index is 0.265. The number of ether oxygens (including phenoxy) is 2. The van der Waals surface area contributed by atoms with Crippen LogP contribution in [0, 0.1) is 0 Å². The summed E-state index contributed by atoms with van der Waals surface area (Å²) in [5.41, 5.74) is 0.562. The number of carbonyl (C=O) groups excluding carboxylic acids is 1. The van der Waals surface area contributed by atoms with Gasteiger partial charge in [-0.3, -0.25) is 0 Å². The Kier molecular flexibility index (Phi) is 6.53. The topological polar surface area (TPSA) is 38.8 Å². The van der Waals surface area contributed by atoms with Crippen LogP contribution >= 0.6 is 0 Å². The van der Waals surface area contributed by atoms with Crippen LogP contribution in [0.2, 0.25) is 0 Å². The van der Waals surface area contributed by atoms with E-state index in [9.17, 15) is 4.79 Å². The van der Waals surface area contributed by atoms with Crippen LogP contribution in [0.1, 0.15) is 46.1 Å². The molecule has 1 aromatic rings. The lowest BCUT2D eigenvalue weighted by Crippen LogP contribution is -2.37. The summed E-state index contributed by atoms with van der Waals surface area (Å²) in [6.07, 6.45) is 1.74. The summed E-state index contributed by atoms with van der Waals surface area (Å²) in [7, 11) is 1.64. The first-order valence-electron chi connectivity index (χ1n) is 7.46. The molecular weight excluding hydrogens is 266 g/mol. The zero-order valence-electron chi connectivity index (χ0n) is 13.8. The number of methoxy groups -OCH3 is 1. The molecule has 21 heavy (non-hydrogen) atoms. The fourth-order valence-corrected chi connectivity index (χ4v) is 1.90. The van der Waals surface area contributed by atoms with Gasteiger partial charge in [-0.15, -0.1) is 0 Å². The smallest absolute Gasteiger partial charge is 0.410 e. The van der Waals surface area contributed by atoms with E-state index in [1.54, 1.807) is 12.0 Å². The highest BCUT2D eigenvalue weighted by molar-refractivity contribution is 5.68. The molecule has 0 bridgehead atoms. The molecule has 4 nitrogen and oxygen atoms in total. The second kappa shape index (κ2) is 7.91. The average Bonchev–Trinajstić information content (AvgIpc) is 2.41. The molecule has 0 aliphatic carbocycles. The van der Waals surface area contributed by atoms with Crippen LogP contribution in [0.15, 0.2) is 24.3 Å². The van der Waals surface area contributed by atoms with Gasteiger partial charge < -0.3 is 14.4 Å². The standard InChI is InChI=1S/C17H27NO3/c1-6-7-11-18(16(19)21-17(2,3)4)13-14-9-8-10-15(12-14)20-5/h8-10,12H,6-7,11,13H2,1-5H3. The summed E-state index contributed by atoms with van der Waals surface area (Å²) in [6.45, 7) is 8.99. The zero-order chi connectivity index (χ0) is 15.9. The van der Waals surface area contributed by atoms with Crippen LogP contribution in [0.25, 0.3) is 0 Å². The number of unbranched alkanes of at least 4 members (excludes halogenated alkanes) is 1. The number of hydrogen-bond donors (Lipinski definition) is 0. The second-order valence-corrected chi connectivity index (χ2v) is 6.11. The molecule has 0 saturated carbocycles. The highest BCUT2D eigenvalue weighted by Crippen LogP contribution is 2.17. The summed E-state index contributed by atoms with van der Waals surface area (Å²) in [6, 6.07) is 7.77. The molecule has 4 heteroatoms. The van der Waals surface area contributed by atoms with Crippen molar-refractivity contribution in [1.82, 2.24) is 4.90 Å². The summed E-state index contributed by atoms with van der Waals surface area (Å²) in [4.78, 5) is 14.0. The average molecular weight is 293 g/mol. The molecule has 0 radical (unpaired) electrons. The number of amides is 1. The van der Waals surface area contributed by atoms with Gasteiger partial charge in [-0.2, -0.15) is 0 Å². The fraction of sp³-hybridized carbons (Fsp3) is 0.588. The highest BCUT2D eigenvalue weighted by atomic mass is 16.6. The van der Waals surface area contributed by atoms with E-state index in [2.05, 4.69) is 6.92 Å². The van der Waals surface area contributed by atoms with E-state index in [0.29, 0.717) is 13.1 Å². The van der Waals surface area contributed by atoms with Crippen molar-refractivity contribution in [1.29, 1.82) is 0 Å². The molecule has 0 aliphatic rings. The van der Waals surface area contributed by atoms with E-state index < -0.39 is 5.60 Å². The van der Waals surface area contributed by atoms with Crippen LogP contribution in [-0.4, -0.2) is 30.2 Å². The molecule has 1 rings (SSSR count). The Morgan fingerprint density at radius 1 is 1.29 bits per heavy atom. The highest BCUT2D eigenvalue weighted by Gasteiger charge is 2.22. The first kappa shape index (κ1) is 17.3. The van der Waals surface area contributed by atoms with Gasteiger partial charge in [-0.1, -0.05) is 25.5 Å². The van der Waals surface area contributed by atoms with Gasteiger partial charge in [0.2, 0.25) is 0 Å². The van der Waals surface area contributed by atoms with E-state index in [1.807, 2.05) is 45.0 Å². The molecule has 0 aromatic heterocycles. The van der Waals surface area contributed by atoms with E-state index in [-0.39, 0.29) is 6.09 Å². The van der Waals surface area contributed by atoms with Crippen LogP contribution < -0.4 is 4.74 Å². The Morgan fingerprint density at radius 2 is 2.00 bits per heavy atom. The largest absolute Gasteiger partial charge is 0.497 e. The minimum Gasteiger partial charge on any atom is -0.497 e. The Labute approximate surface area is 128 Å². The maximum atomic E-state index is 12.3. The maximum absolute atomic E-state index is 12.3. The van der Waals surface area contributed by atoms with Crippen molar-refractivity contribution in [2.24, 2.45) is 0 Å². The van der Waals surface area contributed by atoms with Crippen molar-refractivity contribution in [3.63, 3.8) is 0 Å². The molecule has 0 saturated heterocycles. The SMILES string of the molecule is CCCCN(Cc1cccc(OC)c1)C(=O)OC(C)(C)C. The molecular formula is C17H27NO3. The summed E-state index contributed by atoms with van der Waals surface area (Å²) in [5.74, 6) is 0.798. The second-order valence-electron chi connectivity index (χ2n) is 6.11. The summed E-state index contributed by atoms with van der Waals surface area (Å²) < 4.78 is 10.7. The molecule has 0 spiro atoms. The Morgan fingerprint density at radius 3 is 2.57 bits per heavy atom. The molecule has 118 valence electrons. The summed E-state index contributed by atoms with van der Waals surface area (Å²) >= 11 is 0.